The summed E-state index contributed by atoms with van der Waals surface area (Å²) in [7, 11) is 0. The Labute approximate surface area is 91.9 Å². The molecular formula is C10H12N2O4. The molecule has 0 radical (unpaired) electrons. The lowest BCUT2D eigenvalue weighted by Crippen LogP contribution is -2.43. The van der Waals surface area contributed by atoms with Crippen molar-refractivity contribution >= 4 is 11.9 Å². The molecule has 1 amide bonds. The number of carbonyl (C=O) groups excluding carboxylic acids is 1. The van der Waals surface area contributed by atoms with Gasteiger partial charge < -0.3 is 15.5 Å². The van der Waals surface area contributed by atoms with E-state index in [-0.39, 0.29) is 5.56 Å². The summed E-state index contributed by atoms with van der Waals surface area (Å²) in [4.78, 5) is 26.0. The minimum Gasteiger partial charge on any atom is -0.480 e. The monoisotopic (exact) mass is 224 g/mol. The Morgan fingerprint density at radius 2 is 2.19 bits per heavy atom. The second-order valence-corrected chi connectivity index (χ2v) is 3.24. The van der Waals surface area contributed by atoms with Gasteiger partial charge in [0.05, 0.1) is 12.2 Å². The molecule has 1 aromatic heterocycles. The summed E-state index contributed by atoms with van der Waals surface area (Å²) in [5.74, 6) is -1.86. The van der Waals surface area contributed by atoms with Crippen LogP contribution in [0.2, 0.25) is 0 Å². The number of aryl methyl sites for hydroxylation is 1. The number of rotatable bonds is 4. The molecule has 0 saturated heterocycles. The summed E-state index contributed by atoms with van der Waals surface area (Å²) in [5.41, 5.74) is 1.01. The average Bonchev–Trinajstić information content (AvgIpc) is 2.26. The molecule has 0 saturated carbocycles. The van der Waals surface area contributed by atoms with Crippen LogP contribution in [0.25, 0.3) is 0 Å². The van der Waals surface area contributed by atoms with Gasteiger partial charge in [-0.1, -0.05) is 0 Å². The predicted octanol–water partition coefficient (Wildman–Crippen LogP) is -0.435. The Bertz CT molecular complexity index is 388. The van der Waals surface area contributed by atoms with Crippen LogP contribution < -0.4 is 5.32 Å². The van der Waals surface area contributed by atoms with Crippen molar-refractivity contribution in [2.45, 2.75) is 13.0 Å². The first-order chi connectivity index (χ1) is 7.54. The minimum atomic E-state index is -1.30. The third-order valence-corrected chi connectivity index (χ3v) is 1.96. The molecule has 16 heavy (non-hydrogen) atoms. The van der Waals surface area contributed by atoms with Crippen molar-refractivity contribution in [3.05, 3.63) is 29.6 Å². The minimum absolute atomic E-state index is 0.255. The fourth-order valence-corrected chi connectivity index (χ4v) is 1.03. The Morgan fingerprint density at radius 1 is 1.50 bits per heavy atom. The Balaban J connectivity index is 2.71. The van der Waals surface area contributed by atoms with E-state index in [2.05, 4.69) is 10.3 Å². The van der Waals surface area contributed by atoms with Crippen LogP contribution in [0.5, 0.6) is 0 Å². The lowest BCUT2D eigenvalue weighted by Gasteiger charge is -2.11. The van der Waals surface area contributed by atoms with E-state index < -0.39 is 24.5 Å². The van der Waals surface area contributed by atoms with E-state index in [1.165, 1.54) is 12.3 Å². The number of hydrogen-bond acceptors (Lipinski definition) is 4. The number of aliphatic carboxylic acids is 1. The Hall–Kier alpha value is -1.95. The average molecular weight is 224 g/mol. The van der Waals surface area contributed by atoms with Crippen LogP contribution in [0.3, 0.4) is 0 Å². The fourth-order valence-electron chi connectivity index (χ4n) is 1.03. The highest BCUT2D eigenvalue weighted by molar-refractivity contribution is 5.96. The van der Waals surface area contributed by atoms with Crippen molar-refractivity contribution in [1.82, 2.24) is 10.3 Å². The number of hydrogen-bond donors (Lipinski definition) is 3. The molecule has 0 aliphatic rings. The summed E-state index contributed by atoms with van der Waals surface area (Å²) < 4.78 is 0. The summed E-state index contributed by atoms with van der Waals surface area (Å²) >= 11 is 0. The van der Waals surface area contributed by atoms with E-state index in [1.54, 1.807) is 13.0 Å². The highest BCUT2D eigenvalue weighted by Gasteiger charge is 2.19. The zero-order valence-electron chi connectivity index (χ0n) is 8.67. The predicted molar refractivity (Wildman–Crippen MR) is 54.9 cm³/mol. The molecule has 0 aromatic carbocycles. The second-order valence-electron chi connectivity index (χ2n) is 3.24. The zero-order valence-corrected chi connectivity index (χ0v) is 8.67. The molecule has 6 heteroatoms. The molecule has 0 aliphatic heterocycles. The van der Waals surface area contributed by atoms with E-state index in [0.717, 1.165) is 5.69 Å². The molecule has 6 nitrogen and oxygen atoms in total. The topological polar surface area (TPSA) is 99.5 Å². The Kier molecular flexibility index (Phi) is 3.96. The summed E-state index contributed by atoms with van der Waals surface area (Å²) in [5, 5.41) is 19.5. The summed E-state index contributed by atoms with van der Waals surface area (Å²) in [6.45, 7) is 1.12. The van der Waals surface area contributed by atoms with Gasteiger partial charge >= 0.3 is 5.97 Å². The van der Waals surface area contributed by atoms with E-state index >= 15 is 0 Å². The van der Waals surface area contributed by atoms with Crippen molar-refractivity contribution in [1.29, 1.82) is 0 Å². The van der Waals surface area contributed by atoms with Crippen molar-refractivity contribution < 1.29 is 19.8 Å². The van der Waals surface area contributed by atoms with Crippen LogP contribution in [-0.2, 0) is 4.79 Å². The summed E-state index contributed by atoms with van der Waals surface area (Å²) in [6, 6.07) is 1.88. The van der Waals surface area contributed by atoms with Crippen molar-refractivity contribution in [2.24, 2.45) is 0 Å². The molecule has 86 valence electrons. The third kappa shape index (κ3) is 3.03. The van der Waals surface area contributed by atoms with Gasteiger partial charge in [-0.25, -0.2) is 4.79 Å². The number of aliphatic hydroxyl groups excluding tert-OH is 1. The number of aromatic nitrogens is 1. The summed E-state index contributed by atoms with van der Waals surface area (Å²) in [6.07, 6.45) is 1.35. The SMILES string of the molecule is Cc1ccc(C(=O)N[C@@H](CO)C(=O)O)cn1. The molecule has 1 aromatic rings. The smallest absolute Gasteiger partial charge is 0.328 e. The molecule has 1 atom stereocenters. The maximum atomic E-state index is 11.5. The largest absolute Gasteiger partial charge is 0.480 e. The third-order valence-electron chi connectivity index (χ3n) is 1.96. The Morgan fingerprint density at radius 3 is 2.62 bits per heavy atom. The first-order valence-electron chi connectivity index (χ1n) is 4.61. The lowest BCUT2D eigenvalue weighted by molar-refractivity contribution is -0.140. The van der Waals surface area contributed by atoms with Crippen LogP contribution in [0.15, 0.2) is 18.3 Å². The first-order valence-corrected chi connectivity index (χ1v) is 4.61. The van der Waals surface area contributed by atoms with Gasteiger partial charge in [-0.2, -0.15) is 0 Å². The van der Waals surface area contributed by atoms with Gasteiger partial charge in [0.2, 0.25) is 0 Å². The number of pyridine rings is 1. The first kappa shape index (κ1) is 12.1. The van der Waals surface area contributed by atoms with Crippen molar-refractivity contribution in [3.63, 3.8) is 0 Å². The van der Waals surface area contributed by atoms with Crippen molar-refractivity contribution in [3.8, 4) is 0 Å². The van der Waals surface area contributed by atoms with Crippen LogP contribution in [0.4, 0.5) is 0 Å². The standard InChI is InChI=1S/C10H12N2O4/c1-6-2-3-7(4-11-6)9(14)12-8(5-13)10(15)16/h2-4,8,13H,5H2,1H3,(H,12,14)(H,15,16)/t8-/m0/s1. The molecule has 1 heterocycles. The molecule has 0 unspecified atom stereocenters. The van der Waals surface area contributed by atoms with Gasteiger partial charge in [-0.3, -0.25) is 9.78 Å². The molecule has 3 N–H and O–H groups in total. The number of aliphatic hydroxyl groups is 1. The number of carboxylic acids is 1. The van der Waals surface area contributed by atoms with Gasteiger partial charge in [0, 0.05) is 11.9 Å². The van der Waals surface area contributed by atoms with Crippen LogP contribution >= 0.6 is 0 Å². The highest BCUT2D eigenvalue weighted by atomic mass is 16.4. The van der Waals surface area contributed by atoms with Crippen LogP contribution in [0.1, 0.15) is 16.1 Å². The van der Waals surface area contributed by atoms with Crippen molar-refractivity contribution in [2.75, 3.05) is 6.61 Å². The van der Waals surface area contributed by atoms with E-state index in [1.807, 2.05) is 0 Å². The number of nitrogens with zero attached hydrogens (tertiary/aromatic N) is 1. The van der Waals surface area contributed by atoms with Gasteiger partial charge in [0.15, 0.2) is 6.04 Å². The van der Waals surface area contributed by atoms with Gasteiger partial charge in [-0.05, 0) is 19.1 Å². The second kappa shape index (κ2) is 5.22. The number of carboxylic acid groups (broad SMARTS) is 1. The van der Waals surface area contributed by atoms with E-state index in [0.29, 0.717) is 0 Å². The van der Waals surface area contributed by atoms with Gasteiger partial charge in [-0.15, -0.1) is 0 Å². The maximum Gasteiger partial charge on any atom is 0.328 e. The van der Waals surface area contributed by atoms with E-state index in [9.17, 15) is 9.59 Å². The number of carbonyl (C=O) groups is 2. The number of amides is 1. The highest BCUT2D eigenvalue weighted by Crippen LogP contribution is 1.99. The van der Waals surface area contributed by atoms with Crippen LogP contribution in [0, 0.1) is 6.92 Å². The maximum absolute atomic E-state index is 11.5. The molecule has 0 spiro atoms. The number of nitrogens with one attached hydrogen (secondary N) is 1. The molecule has 0 fully saturated rings. The molecule has 1 rings (SSSR count). The zero-order chi connectivity index (χ0) is 12.1. The molecule has 0 bridgehead atoms. The van der Waals surface area contributed by atoms with Gasteiger partial charge in [0.25, 0.3) is 5.91 Å². The van der Waals surface area contributed by atoms with E-state index in [4.69, 9.17) is 10.2 Å². The molecular weight excluding hydrogens is 212 g/mol. The lowest BCUT2D eigenvalue weighted by atomic mass is 10.2. The fraction of sp³-hybridized carbons (Fsp3) is 0.300. The van der Waals surface area contributed by atoms with Crippen LogP contribution in [-0.4, -0.2) is 39.7 Å². The quantitative estimate of drug-likeness (QED) is 0.644. The van der Waals surface area contributed by atoms with Gasteiger partial charge in [0.1, 0.15) is 0 Å². The molecule has 0 aliphatic carbocycles. The normalized spacial score (nSPS) is 11.9.